The number of isocyanates is 2. The lowest BCUT2D eigenvalue weighted by Gasteiger charge is -2.08. The van der Waals surface area contributed by atoms with Crippen LogP contribution in [0.15, 0.2) is 22.1 Å². The van der Waals surface area contributed by atoms with Gasteiger partial charge in [0.1, 0.15) is 0 Å². The molecule has 0 saturated carbocycles. The van der Waals surface area contributed by atoms with Crippen LogP contribution >= 0.6 is 0 Å². The molecule has 1 aromatic rings. The number of benzene rings is 1. The first-order valence-corrected chi connectivity index (χ1v) is 4.18. The summed E-state index contributed by atoms with van der Waals surface area (Å²) in [7, 11) is 2.79. The molecule has 0 bridgehead atoms. The van der Waals surface area contributed by atoms with Crippen molar-refractivity contribution < 1.29 is 19.1 Å². The summed E-state index contributed by atoms with van der Waals surface area (Å²) in [5, 5.41) is 0. The van der Waals surface area contributed by atoms with Gasteiger partial charge in [-0.2, -0.15) is 9.98 Å². The molecular formula is C10H8N2O4. The predicted molar refractivity (Wildman–Crippen MR) is 55.1 cm³/mol. The first kappa shape index (κ1) is 11.7. The topological polar surface area (TPSA) is 77.3 Å². The van der Waals surface area contributed by atoms with Crippen molar-refractivity contribution in [3.63, 3.8) is 0 Å². The van der Waals surface area contributed by atoms with E-state index >= 15 is 0 Å². The molecule has 1 aromatic carbocycles. The van der Waals surface area contributed by atoms with E-state index in [2.05, 4.69) is 9.98 Å². The van der Waals surface area contributed by atoms with Crippen LogP contribution in [-0.2, 0) is 9.59 Å². The molecule has 0 saturated heterocycles. The molecule has 0 spiro atoms. The average molecular weight is 220 g/mol. The first-order valence-electron chi connectivity index (χ1n) is 4.18. The molecule has 0 aliphatic rings. The molecule has 6 heteroatoms. The second-order valence-electron chi connectivity index (χ2n) is 2.61. The number of aliphatic imine (C=N–C) groups is 2. The summed E-state index contributed by atoms with van der Waals surface area (Å²) in [5.41, 5.74) is 0.499. The minimum Gasteiger partial charge on any atom is -0.494 e. The van der Waals surface area contributed by atoms with Crippen molar-refractivity contribution in [2.24, 2.45) is 9.98 Å². The van der Waals surface area contributed by atoms with Crippen LogP contribution in [0.3, 0.4) is 0 Å². The standard InChI is InChI=1S/C10H8N2O4/c1-15-8-3-7(11-5-13)4-9(16-2)10(8)12-6-14/h3-4H,1-2H3. The van der Waals surface area contributed by atoms with Crippen LogP contribution in [0.4, 0.5) is 11.4 Å². The molecule has 0 aromatic heterocycles. The fourth-order valence-electron chi connectivity index (χ4n) is 1.15. The lowest BCUT2D eigenvalue weighted by molar-refractivity contribution is 0.397. The van der Waals surface area contributed by atoms with Gasteiger partial charge in [0.15, 0.2) is 17.2 Å². The number of carbonyl (C=O) groups excluding carboxylic acids is 2. The molecular weight excluding hydrogens is 212 g/mol. The van der Waals surface area contributed by atoms with Crippen LogP contribution in [0, 0.1) is 0 Å². The maximum absolute atomic E-state index is 10.2. The van der Waals surface area contributed by atoms with Gasteiger partial charge in [-0.1, -0.05) is 0 Å². The molecule has 16 heavy (non-hydrogen) atoms. The third-order valence-corrected chi connectivity index (χ3v) is 1.80. The zero-order valence-corrected chi connectivity index (χ0v) is 8.68. The largest absolute Gasteiger partial charge is 0.494 e. The third kappa shape index (κ3) is 2.33. The highest BCUT2D eigenvalue weighted by Gasteiger charge is 2.11. The minimum atomic E-state index is 0.199. The average Bonchev–Trinajstić information content (AvgIpc) is 2.31. The fraction of sp³-hybridized carbons (Fsp3) is 0.200. The van der Waals surface area contributed by atoms with Gasteiger partial charge in [-0.05, 0) is 0 Å². The Labute approximate surface area is 91.2 Å². The van der Waals surface area contributed by atoms with Gasteiger partial charge in [0.25, 0.3) is 0 Å². The maximum atomic E-state index is 10.2. The van der Waals surface area contributed by atoms with E-state index in [9.17, 15) is 9.59 Å². The van der Waals surface area contributed by atoms with Crippen LogP contribution < -0.4 is 9.47 Å². The van der Waals surface area contributed by atoms with Crippen molar-refractivity contribution in [3.05, 3.63) is 12.1 Å². The molecule has 0 atom stereocenters. The van der Waals surface area contributed by atoms with E-state index in [0.717, 1.165) is 0 Å². The van der Waals surface area contributed by atoms with Crippen molar-refractivity contribution in [3.8, 4) is 11.5 Å². The van der Waals surface area contributed by atoms with Gasteiger partial charge in [-0.3, -0.25) is 0 Å². The molecule has 0 heterocycles. The molecule has 0 unspecified atom stereocenters. The molecule has 0 N–H and O–H groups in total. The molecule has 0 radical (unpaired) electrons. The summed E-state index contributed by atoms with van der Waals surface area (Å²) < 4.78 is 9.97. The van der Waals surface area contributed by atoms with E-state index < -0.39 is 0 Å². The van der Waals surface area contributed by atoms with Crippen LogP contribution in [0.25, 0.3) is 0 Å². The van der Waals surface area contributed by atoms with Crippen LogP contribution in [0.5, 0.6) is 11.5 Å². The third-order valence-electron chi connectivity index (χ3n) is 1.80. The molecule has 1 rings (SSSR count). The van der Waals surface area contributed by atoms with E-state index in [1.165, 1.54) is 38.5 Å². The Morgan fingerprint density at radius 3 is 1.88 bits per heavy atom. The highest BCUT2D eigenvalue weighted by molar-refractivity contribution is 5.71. The predicted octanol–water partition coefficient (Wildman–Crippen LogP) is 1.64. The smallest absolute Gasteiger partial charge is 0.240 e. The lowest BCUT2D eigenvalue weighted by Crippen LogP contribution is -1.88. The Morgan fingerprint density at radius 2 is 1.50 bits per heavy atom. The highest BCUT2D eigenvalue weighted by atomic mass is 16.5. The monoisotopic (exact) mass is 220 g/mol. The SMILES string of the molecule is COc1cc(N=C=O)cc(OC)c1N=C=O. The Kier molecular flexibility index (Phi) is 3.98. The first-order chi connectivity index (χ1) is 7.76. The van der Waals surface area contributed by atoms with Gasteiger partial charge in [-0.15, -0.1) is 0 Å². The maximum Gasteiger partial charge on any atom is 0.240 e. The van der Waals surface area contributed by atoms with E-state index in [1.807, 2.05) is 0 Å². The van der Waals surface area contributed by atoms with Gasteiger partial charge >= 0.3 is 0 Å². The van der Waals surface area contributed by atoms with Crippen LogP contribution in [0.2, 0.25) is 0 Å². The minimum absolute atomic E-state index is 0.199. The Balaban J connectivity index is 3.47. The van der Waals surface area contributed by atoms with Crippen molar-refractivity contribution in [1.29, 1.82) is 0 Å². The van der Waals surface area contributed by atoms with Crippen molar-refractivity contribution in [2.75, 3.05) is 14.2 Å². The van der Waals surface area contributed by atoms with Crippen molar-refractivity contribution >= 4 is 23.5 Å². The van der Waals surface area contributed by atoms with Crippen LogP contribution in [0.1, 0.15) is 0 Å². The normalized spacial score (nSPS) is 8.62. The van der Waals surface area contributed by atoms with Crippen LogP contribution in [-0.4, -0.2) is 26.4 Å². The number of rotatable bonds is 4. The number of hydrogen-bond donors (Lipinski definition) is 0. The van der Waals surface area contributed by atoms with E-state index in [4.69, 9.17) is 9.47 Å². The fourth-order valence-corrected chi connectivity index (χ4v) is 1.15. The quantitative estimate of drug-likeness (QED) is 0.570. The van der Waals surface area contributed by atoms with E-state index in [1.54, 1.807) is 0 Å². The highest BCUT2D eigenvalue weighted by Crippen LogP contribution is 2.40. The summed E-state index contributed by atoms with van der Waals surface area (Å²) in [6.45, 7) is 0. The number of hydrogen-bond acceptors (Lipinski definition) is 6. The molecule has 82 valence electrons. The Morgan fingerprint density at radius 1 is 1.00 bits per heavy atom. The van der Waals surface area contributed by atoms with Gasteiger partial charge in [0, 0.05) is 12.1 Å². The number of nitrogens with zero attached hydrogens (tertiary/aromatic N) is 2. The molecule has 6 nitrogen and oxygen atoms in total. The Bertz CT molecular complexity index is 461. The molecule has 0 fully saturated rings. The molecule has 0 aliphatic heterocycles. The van der Waals surface area contributed by atoms with Crippen molar-refractivity contribution in [2.45, 2.75) is 0 Å². The van der Waals surface area contributed by atoms with Gasteiger partial charge in [-0.25, -0.2) is 9.59 Å². The number of methoxy groups -OCH3 is 2. The van der Waals surface area contributed by atoms with E-state index in [-0.39, 0.29) is 17.2 Å². The van der Waals surface area contributed by atoms with Crippen molar-refractivity contribution in [1.82, 2.24) is 0 Å². The summed E-state index contributed by atoms with van der Waals surface area (Å²) >= 11 is 0. The van der Waals surface area contributed by atoms with Gasteiger partial charge < -0.3 is 9.47 Å². The molecule has 0 aliphatic carbocycles. The summed E-state index contributed by atoms with van der Waals surface area (Å²) in [6, 6.07) is 2.87. The van der Waals surface area contributed by atoms with Gasteiger partial charge in [0.05, 0.1) is 19.9 Å². The molecule has 0 amide bonds. The lowest BCUT2D eigenvalue weighted by atomic mass is 10.2. The summed E-state index contributed by atoms with van der Waals surface area (Å²) in [6.07, 6.45) is 2.79. The zero-order chi connectivity index (χ0) is 12.0. The second-order valence-corrected chi connectivity index (χ2v) is 2.61. The Hall–Kier alpha value is -2.42. The summed E-state index contributed by atoms with van der Waals surface area (Å²) in [4.78, 5) is 27.2. The van der Waals surface area contributed by atoms with Gasteiger partial charge in [0.2, 0.25) is 12.2 Å². The number of ether oxygens (including phenoxy) is 2. The zero-order valence-electron chi connectivity index (χ0n) is 8.68. The van der Waals surface area contributed by atoms with E-state index in [0.29, 0.717) is 5.69 Å². The summed E-state index contributed by atoms with van der Waals surface area (Å²) in [5.74, 6) is 0.522. The second kappa shape index (κ2) is 5.46.